The molecule has 0 spiro atoms. The highest BCUT2D eigenvalue weighted by Crippen LogP contribution is 2.22. The molecule has 5 heteroatoms. The van der Waals surface area contributed by atoms with Crippen molar-refractivity contribution in [1.82, 2.24) is 4.90 Å². The second-order valence-electron chi connectivity index (χ2n) is 7.19. The van der Waals surface area contributed by atoms with Crippen molar-refractivity contribution >= 4 is 12.0 Å². The molecule has 1 saturated heterocycles. The molecule has 1 aromatic carbocycles. The van der Waals surface area contributed by atoms with Crippen molar-refractivity contribution < 1.29 is 19.4 Å². The first-order chi connectivity index (χ1) is 12.5. The monoisotopic (exact) mass is 361 g/mol. The number of hydrogen-bond acceptors (Lipinski definition) is 4. The molecule has 2 amide bonds. The molecule has 1 aliphatic heterocycles. The van der Waals surface area contributed by atoms with Gasteiger partial charge in [0.05, 0.1) is 18.1 Å². The number of nitrogens with zero attached hydrogens (tertiary/aromatic N) is 1. The number of rotatable bonds is 10. The first kappa shape index (κ1) is 20.4. The number of aliphatic hydroxyl groups is 1. The Morgan fingerprint density at radius 3 is 2.62 bits per heavy atom. The lowest BCUT2D eigenvalue weighted by Gasteiger charge is -2.25. The Hall–Kier alpha value is -1.88. The molecule has 0 aromatic heterocycles. The van der Waals surface area contributed by atoms with E-state index in [9.17, 15) is 14.7 Å². The fourth-order valence-electron chi connectivity index (χ4n) is 3.36. The minimum Gasteiger partial charge on any atom is -0.447 e. The molecule has 1 aromatic rings. The van der Waals surface area contributed by atoms with Crippen LogP contribution >= 0.6 is 0 Å². The number of carbonyl (C=O) groups excluding carboxylic acids is 2. The van der Waals surface area contributed by atoms with Gasteiger partial charge in [-0.25, -0.2) is 9.69 Å². The lowest BCUT2D eigenvalue weighted by molar-refractivity contribution is -0.136. The number of cyclic esters (lactones) is 1. The van der Waals surface area contributed by atoms with Crippen LogP contribution < -0.4 is 0 Å². The van der Waals surface area contributed by atoms with Crippen LogP contribution in [0.2, 0.25) is 0 Å². The topological polar surface area (TPSA) is 66.8 Å². The fraction of sp³-hybridized carbons (Fsp3) is 0.619. The SMILES string of the molecule is CCCCCCC[C@@H](O)[C@H](C)C(=O)N1C(=O)OCC1Cc1ccccc1. The van der Waals surface area contributed by atoms with E-state index in [1.807, 2.05) is 30.3 Å². The van der Waals surface area contributed by atoms with Crippen LogP contribution in [0.4, 0.5) is 4.79 Å². The molecule has 1 fully saturated rings. The highest BCUT2D eigenvalue weighted by Gasteiger charge is 2.41. The lowest BCUT2D eigenvalue weighted by atomic mass is 9.96. The van der Waals surface area contributed by atoms with Crippen LogP contribution in [0.15, 0.2) is 30.3 Å². The molecule has 0 radical (unpaired) electrons. The Kier molecular flexibility index (Phi) is 8.10. The zero-order valence-electron chi connectivity index (χ0n) is 15.9. The second-order valence-corrected chi connectivity index (χ2v) is 7.19. The van der Waals surface area contributed by atoms with Crippen LogP contribution in [0, 0.1) is 5.92 Å². The Morgan fingerprint density at radius 2 is 1.92 bits per heavy atom. The quantitative estimate of drug-likeness (QED) is 0.641. The van der Waals surface area contributed by atoms with Gasteiger partial charge < -0.3 is 9.84 Å². The van der Waals surface area contributed by atoms with E-state index in [-0.39, 0.29) is 18.6 Å². The molecule has 1 heterocycles. The highest BCUT2D eigenvalue weighted by molar-refractivity contribution is 5.94. The summed E-state index contributed by atoms with van der Waals surface area (Å²) in [5, 5.41) is 10.4. The summed E-state index contributed by atoms with van der Waals surface area (Å²) in [6.07, 6.45) is 5.32. The summed E-state index contributed by atoms with van der Waals surface area (Å²) in [6.45, 7) is 4.07. The number of unbranched alkanes of at least 4 members (excludes halogenated alkanes) is 4. The van der Waals surface area contributed by atoms with Crippen LogP contribution in [-0.2, 0) is 16.0 Å². The predicted octanol–water partition coefficient (Wildman–Crippen LogP) is 3.93. The predicted molar refractivity (Wildman–Crippen MR) is 101 cm³/mol. The van der Waals surface area contributed by atoms with Crippen LogP contribution in [0.5, 0.6) is 0 Å². The zero-order chi connectivity index (χ0) is 18.9. The van der Waals surface area contributed by atoms with Gasteiger partial charge in [0.15, 0.2) is 0 Å². The Labute approximate surface area is 156 Å². The van der Waals surface area contributed by atoms with E-state index in [2.05, 4.69) is 6.92 Å². The number of ether oxygens (including phenoxy) is 1. The van der Waals surface area contributed by atoms with Crippen LogP contribution in [0.3, 0.4) is 0 Å². The third kappa shape index (κ3) is 5.56. The smallest absolute Gasteiger partial charge is 0.416 e. The van der Waals surface area contributed by atoms with E-state index in [0.29, 0.717) is 12.8 Å². The molecule has 2 rings (SSSR count). The maximum absolute atomic E-state index is 12.8. The van der Waals surface area contributed by atoms with Crippen molar-refractivity contribution in [3.05, 3.63) is 35.9 Å². The maximum atomic E-state index is 12.8. The largest absolute Gasteiger partial charge is 0.447 e. The number of imide groups is 1. The first-order valence-corrected chi connectivity index (χ1v) is 9.76. The number of benzene rings is 1. The third-order valence-corrected chi connectivity index (χ3v) is 5.08. The van der Waals surface area contributed by atoms with Gasteiger partial charge in [-0.05, 0) is 18.4 Å². The average molecular weight is 361 g/mol. The summed E-state index contributed by atoms with van der Waals surface area (Å²) in [6, 6.07) is 9.44. The third-order valence-electron chi connectivity index (χ3n) is 5.08. The van der Waals surface area contributed by atoms with E-state index in [1.54, 1.807) is 6.92 Å². The van der Waals surface area contributed by atoms with Crippen LogP contribution in [0.1, 0.15) is 57.9 Å². The normalized spacial score (nSPS) is 19.3. The average Bonchev–Trinajstić information content (AvgIpc) is 3.01. The van der Waals surface area contributed by atoms with Gasteiger partial charge in [-0.1, -0.05) is 76.3 Å². The summed E-state index contributed by atoms with van der Waals surface area (Å²) in [5.41, 5.74) is 1.05. The van der Waals surface area contributed by atoms with E-state index >= 15 is 0 Å². The van der Waals surface area contributed by atoms with Gasteiger partial charge in [0.25, 0.3) is 0 Å². The fourth-order valence-corrected chi connectivity index (χ4v) is 3.36. The van der Waals surface area contributed by atoms with E-state index in [0.717, 1.165) is 24.8 Å². The van der Waals surface area contributed by atoms with E-state index in [4.69, 9.17) is 4.74 Å². The molecule has 0 saturated carbocycles. The van der Waals surface area contributed by atoms with Crippen molar-refractivity contribution in [2.75, 3.05) is 6.61 Å². The highest BCUT2D eigenvalue weighted by atomic mass is 16.6. The molecular weight excluding hydrogens is 330 g/mol. The minimum atomic E-state index is -0.727. The number of carbonyl (C=O) groups is 2. The second kappa shape index (κ2) is 10.3. The standard InChI is InChI=1S/C21H31NO4/c1-3-4-5-6-10-13-19(23)16(2)20(24)22-18(15-26-21(22)25)14-17-11-8-7-9-12-17/h7-9,11-12,16,18-19,23H,3-6,10,13-15H2,1-2H3/t16-,18?,19+/m0/s1. The summed E-state index contributed by atoms with van der Waals surface area (Å²) in [5.74, 6) is -0.945. The molecule has 144 valence electrons. The number of aliphatic hydroxyl groups excluding tert-OH is 1. The van der Waals surface area contributed by atoms with E-state index in [1.165, 1.54) is 17.7 Å². The summed E-state index contributed by atoms with van der Waals surface area (Å²) >= 11 is 0. The number of amides is 2. The summed E-state index contributed by atoms with van der Waals surface area (Å²) in [4.78, 5) is 26.1. The van der Waals surface area contributed by atoms with Crippen molar-refractivity contribution in [3.63, 3.8) is 0 Å². The molecule has 0 aliphatic carbocycles. The molecule has 1 unspecified atom stereocenters. The van der Waals surface area contributed by atoms with Crippen molar-refractivity contribution in [1.29, 1.82) is 0 Å². The molecule has 1 aliphatic rings. The van der Waals surface area contributed by atoms with Gasteiger partial charge in [-0.2, -0.15) is 0 Å². The van der Waals surface area contributed by atoms with Gasteiger partial charge in [-0.15, -0.1) is 0 Å². The molecule has 1 N–H and O–H groups in total. The molecule has 0 bridgehead atoms. The zero-order valence-corrected chi connectivity index (χ0v) is 15.9. The van der Waals surface area contributed by atoms with Crippen LogP contribution in [0.25, 0.3) is 0 Å². The molecule has 26 heavy (non-hydrogen) atoms. The van der Waals surface area contributed by atoms with Crippen LogP contribution in [-0.4, -0.2) is 40.8 Å². The Bertz CT molecular complexity index is 575. The molecular formula is C21H31NO4. The Morgan fingerprint density at radius 1 is 1.23 bits per heavy atom. The minimum absolute atomic E-state index is 0.208. The summed E-state index contributed by atoms with van der Waals surface area (Å²) < 4.78 is 5.11. The lowest BCUT2D eigenvalue weighted by Crippen LogP contribution is -2.45. The van der Waals surface area contributed by atoms with Gasteiger partial charge in [0.2, 0.25) is 5.91 Å². The van der Waals surface area contributed by atoms with Gasteiger partial charge >= 0.3 is 6.09 Å². The maximum Gasteiger partial charge on any atom is 0.416 e. The molecule has 3 atom stereocenters. The van der Waals surface area contributed by atoms with Gasteiger partial charge in [0, 0.05) is 0 Å². The first-order valence-electron chi connectivity index (χ1n) is 9.76. The van der Waals surface area contributed by atoms with Crippen molar-refractivity contribution in [2.24, 2.45) is 5.92 Å². The summed E-state index contributed by atoms with van der Waals surface area (Å²) in [7, 11) is 0. The van der Waals surface area contributed by atoms with Gasteiger partial charge in [0.1, 0.15) is 6.61 Å². The van der Waals surface area contributed by atoms with Crippen molar-refractivity contribution in [3.8, 4) is 0 Å². The van der Waals surface area contributed by atoms with Crippen molar-refractivity contribution in [2.45, 2.75) is 70.9 Å². The van der Waals surface area contributed by atoms with E-state index < -0.39 is 18.1 Å². The van der Waals surface area contributed by atoms with Gasteiger partial charge in [-0.3, -0.25) is 4.79 Å². The molecule has 5 nitrogen and oxygen atoms in total. The Balaban J connectivity index is 1.91. The number of hydrogen-bond donors (Lipinski definition) is 1.